The summed E-state index contributed by atoms with van der Waals surface area (Å²) in [6.07, 6.45) is 18.3. The highest BCUT2D eigenvalue weighted by molar-refractivity contribution is 5.71. The van der Waals surface area contributed by atoms with Crippen molar-refractivity contribution in [2.45, 2.75) is 202 Å². The lowest BCUT2D eigenvalue weighted by Crippen LogP contribution is -2.27. The fourth-order valence-electron chi connectivity index (χ4n) is 10.2. The molecule has 0 radical (unpaired) electrons. The van der Waals surface area contributed by atoms with Crippen LogP contribution in [0.4, 0.5) is 0 Å². The largest absolute Gasteiger partial charge is 0.507 e. The maximum Gasteiger partial charge on any atom is 0.306 e. The number of hydrogen-bond donors (Lipinski definition) is 3. The fourth-order valence-corrected chi connectivity index (χ4v) is 10.2. The number of phenols is 1. The number of aryl methyl sites for hydroxylation is 6. The molecule has 0 amide bonds. The lowest BCUT2D eigenvalue weighted by molar-refractivity contribution is -0.141. The molecule has 4 aromatic rings. The Morgan fingerprint density at radius 1 is 0.538 bits per heavy atom. The first-order valence-electron chi connectivity index (χ1n) is 24.9. The predicted octanol–water partition coefficient (Wildman–Crippen LogP) is 14.9. The van der Waals surface area contributed by atoms with Crippen molar-refractivity contribution >= 4 is 18.1 Å². The van der Waals surface area contributed by atoms with E-state index >= 15 is 0 Å². The number of esters is 1. The standard InChI is InChI=1S/C33H46O3.C27H38O2/c1-8-32(35,9-2)19-18-26-12-13-27(20-23(26)5)33(10-3,11-4)28-21-24(6)30(25(7)22-28)16-14-29-15-17-31(34)36-29;1-8-26(29,9-2)15-14-22-12-13-23(16-19(22)5)27(10-3,11-4)24-17-20(6)25(28)21(7)18-24/h12-13,18-22,29,35H,8-11,14-17H2,1-7H3;12-18,28-29H,8-11H2,1-7H3/b19-18+;15-14+/t29-;/m1./s1. The summed E-state index contributed by atoms with van der Waals surface area (Å²) in [4.78, 5) is 11.5. The Hall–Kier alpha value is -4.45. The molecule has 5 rings (SSSR count). The van der Waals surface area contributed by atoms with Crippen LogP contribution in [0.5, 0.6) is 5.75 Å². The van der Waals surface area contributed by atoms with Crippen molar-refractivity contribution in [3.05, 3.63) is 145 Å². The van der Waals surface area contributed by atoms with E-state index in [1.807, 2.05) is 53.7 Å². The Morgan fingerprint density at radius 3 is 1.23 bits per heavy atom. The number of carbonyl (C=O) groups is 1. The SMILES string of the molecule is CCC(O)(/C=C/c1ccc(C(CC)(CC)c2cc(C)c(CC[C@@H]3CCC(=O)O3)c(C)c2)cc1C)CC.CCC(O)(/C=C/c1ccc(C(CC)(CC)c2cc(C)c(O)c(C)c2)cc1C)CC. The Labute approximate surface area is 394 Å². The number of hydrogen-bond acceptors (Lipinski definition) is 5. The quantitative estimate of drug-likeness (QED) is 0.0817. The van der Waals surface area contributed by atoms with Crippen LogP contribution in [-0.4, -0.2) is 38.6 Å². The molecule has 65 heavy (non-hydrogen) atoms. The third-order valence-electron chi connectivity index (χ3n) is 15.6. The van der Waals surface area contributed by atoms with E-state index in [1.165, 1.54) is 50.1 Å². The van der Waals surface area contributed by atoms with Gasteiger partial charge in [0.15, 0.2) is 0 Å². The molecule has 1 heterocycles. The van der Waals surface area contributed by atoms with E-state index in [-0.39, 0.29) is 22.9 Å². The van der Waals surface area contributed by atoms with Crippen LogP contribution in [0.3, 0.4) is 0 Å². The number of benzene rings is 4. The summed E-state index contributed by atoms with van der Waals surface area (Å²) in [7, 11) is 0. The van der Waals surface area contributed by atoms with E-state index < -0.39 is 11.2 Å². The lowest BCUT2D eigenvalue weighted by Gasteiger charge is -2.35. The zero-order chi connectivity index (χ0) is 48.3. The van der Waals surface area contributed by atoms with E-state index in [9.17, 15) is 20.1 Å². The van der Waals surface area contributed by atoms with Crippen LogP contribution in [-0.2, 0) is 26.8 Å². The van der Waals surface area contributed by atoms with Crippen LogP contribution in [0.15, 0.2) is 72.8 Å². The van der Waals surface area contributed by atoms with Crippen LogP contribution in [0.2, 0.25) is 0 Å². The molecular formula is C60H84O5. The van der Waals surface area contributed by atoms with Gasteiger partial charge in [-0.3, -0.25) is 4.79 Å². The van der Waals surface area contributed by atoms with Gasteiger partial charge in [0.2, 0.25) is 0 Å². The maximum absolute atomic E-state index is 11.5. The summed E-state index contributed by atoms with van der Waals surface area (Å²) in [5, 5.41) is 31.5. The minimum atomic E-state index is -0.738. The fraction of sp³-hybridized carbons (Fsp3) is 0.517. The van der Waals surface area contributed by atoms with Gasteiger partial charge in [0.05, 0.1) is 11.2 Å². The average molecular weight is 885 g/mol. The van der Waals surface area contributed by atoms with Crippen LogP contribution in [0, 0.1) is 41.5 Å². The molecule has 5 heteroatoms. The molecule has 1 aliphatic heterocycles. The summed E-state index contributed by atoms with van der Waals surface area (Å²) < 4.78 is 5.45. The average Bonchev–Trinajstić information content (AvgIpc) is 3.72. The first-order valence-corrected chi connectivity index (χ1v) is 24.9. The van der Waals surface area contributed by atoms with E-state index in [0.29, 0.717) is 37.9 Å². The highest BCUT2D eigenvalue weighted by Crippen LogP contribution is 2.43. The molecule has 354 valence electrons. The van der Waals surface area contributed by atoms with E-state index in [1.54, 1.807) is 0 Å². The summed E-state index contributed by atoms with van der Waals surface area (Å²) in [5.41, 5.74) is 14.4. The first-order chi connectivity index (χ1) is 30.8. The van der Waals surface area contributed by atoms with Gasteiger partial charge in [0.25, 0.3) is 0 Å². The molecule has 0 saturated carbocycles. The van der Waals surface area contributed by atoms with Gasteiger partial charge in [-0.2, -0.15) is 0 Å². The molecule has 4 aromatic carbocycles. The summed E-state index contributed by atoms with van der Waals surface area (Å²) in [5.74, 6) is 0.341. The number of phenolic OH excluding ortho intramolecular Hbond substituents is 1. The zero-order valence-electron chi connectivity index (χ0n) is 42.8. The molecule has 0 bridgehead atoms. The molecule has 3 N–H and O–H groups in total. The van der Waals surface area contributed by atoms with Crippen molar-refractivity contribution in [1.82, 2.24) is 0 Å². The van der Waals surface area contributed by atoms with Gasteiger partial charge in [-0.05, 0) is 184 Å². The molecular weight excluding hydrogens is 801 g/mol. The third-order valence-corrected chi connectivity index (χ3v) is 15.6. The van der Waals surface area contributed by atoms with Gasteiger partial charge >= 0.3 is 5.97 Å². The second kappa shape index (κ2) is 22.8. The number of aromatic hydroxyl groups is 1. The predicted molar refractivity (Wildman–Crippen MR) is 275 cm³/mol. The first kappa shape index (κ1) is 53.2. The number of carbonyl (C=O) groups excluding carboxylic acids is 1. The minimum Gasteiger partial charge on any atom is -0.507 e. The number of rotatable bonds is 19. The van der Waals surface area contributed by atoms with Gasteiger partial charge in [0, 0.05) is 17.3 Å². The molecule has 1 fully saturated rings. The highest BCUT2D eigenvalue weighted by Gasteiger charge is 2.34. The van der Waals surface area contributed by atoms with Crippen LogP contribution in [0.25, 0.3) is 12.2 Å². The van der Waals surface area contributed by atoms with Gasteiger partial charge < -0.3 is 20.1 Å². The number of aliphatic hydroxyl groups is 2. The van der Waals surface area contributed by atoms with Crippen molar-refractivity contribution in [1.29, 1.82) is 0 Å². The second-order valence-electron chi connectivity index (χ2n) is 19.2. The molecule has 0 aromatic heterocycles. The summed E-state index contributed by atoms with van der Waals surface area (Å²) >= 11 is 0. The van der Waals surface area contributed by atoms with Crippen molar-refractivity contribution in [2.75, 3.05) is 0 Å². The number of ether oxygens (including phenoxy) is 1. The normalized spacial score (nSPS) is 14.9. The molecule has 1 aliphatic rings. The minimum absolute atomic E-state index is 0.0460. The molecule has 0 spiro atoms. The maximum atomic E-state index is 11.5. The van der Waals surface area contributed by atoms with Crippen LogP contribution >= 0.6 is 0 Å². The summed E-state index contributed by atoms with van der Waals surface area (Å²) in [6.45, 7) is 29.9. The topological polar surface area (TPSA) is 87.0 Å². The molecule has 5 nitrogen and oxygen atoms in total. The van der Waals surface area contributed by atoms with Gasteiger partial charge in [-0.1, -0.05) is 140 Å². The van der Waals surface area contributed by atoms with Gasteiger partial charge in [0.1, 0.15) is 11.9 Å². The summed E-state index contributed by atoms with van der Waals surface area (Å²) in [6, 6.07) is 22.6. The number of cyclic esters (lactones) is 1. The highest BCUT2D eigenvalue weighted by atomic mass is 16.5. The van der Waals surface area contributed by atoms with Crippen molar-refractivity contribution in [3.8, 4) is 5.75 Å². The Morgan fingerprint density at radius 2 is 0.908 bits per heavy atom. The van der Waals surface area contributed by atoms with Crippen molar-refractivity contribution in [2.24, 2.45) is 0 Å². The van der Waals surface area contributed by atoms with E-state index in [4.69, 9.17) is 4.74 Å². The zero-order valence-corrected chi connectivity index (χ0v) is 42.8. The second-order valence-corrected chi connectivity index (χ2v) is 19.2. The van der Waals surface area contributed by atoms with Gasteiger partial charge in [-0.15, -0.1) is 0 Å². The van der Waals surface area contributed by atoms with Crippen molar-refractivity contribution in [3.63, 3.8) is 0 Å². The van der Waals surface area contributed by atoms with E-state index in [2.05, 4.69) is 128 Å². The molecule has 1 atom stereocenters. The smallest absolute Gasteiger partial charge is 0.306 e. The Bertz CT molecular complexity index is 2230. The Balaban J connectivity index is 0.000000292. The third kappa shape index (κ3) is 12.1. The van der Waals surface area contributed by atoms with Crippen LogP contribution < -0.4 is 0 Å². The molecule has 0 aliphatic carbocycles. The van der Waals surface area contributed by atoms with E-state index in [0.717, 1.165) is 67.2 Å². The molecule has 1 saturated heterocycles. The monoisotopic (exact) mass is 885 g/mol. The Kier molecular flexibility index (Phi) is 18.7. The molecule has 0 unspecified atom stereocenters. The lowest BCUT2D eigenvalue weighted by atomic mass is 9.69. The van der Waals surface area contributed by atoms with Gasteiger partial charge in [-0.25, -0.2) is 0 Å². The van der Waals surface area contributed by atoms with Crippen LogP contribution in [0.1, 0.15) is 198 Å². The van der Waals surface area contributed by atoms with Crippen molar-refractivity contribution < 1.29 is 24.9 Å².